The summed E-state index contributed by atoms with van der Waals surface area (Å²) in [6.45, 7) is 4.24. The van der Waals surface area contributed by atoms with Gasteiger partial charge in [-0.2, -0.15) is 0 Å². The second-order valence-electron chi connectivity index (χ2n) is 7.47. The molecule has 2 heterocycles. The van der Waals surface area contributed by atoms with Crippen LogP contribution < -0.4 is 15.5 Å². The van der Waals surface area contributed by atoms with Crippen LogP contribution >= 0.6 is 0 Å². The molecule has 0 saturated heterocycles. The molecule has 4 rings (SSSR count). The van der Waals surface area contributed by atoms with Crippen molar-refractivity contribution >= 4 is 17.3 Å². The first-order valence-electron chi connectivity index (χ1n) is 10.2. The van der Waals surface area contributed by atoms with E-state index in [1.54, 1.807) is 12.3 Å². The maximum Gasteiger partial charge on any atom is 0.254 e. The van der Waals surface area contributed by atoms with E-state index in [-0.39, 0.29) is 5.91 Å². The van der Waals surface area contributed by atoms with Crippen LogP contribution in [0.15, 0.2) is 71.3 Å². The van der Waals surface area contributed by atoms with Crippen molar-refractivity contribution in [1.29, 1.82) is 0 Å². The van der Waals surface area contributed by atoms with E-state index in [2.05, 4.69) is 46.7 Å². The van der Waals surface area contributed by atoms with Gasteiger partial charge in [-0.05, 0) is 49.6 Å². The number of nitrogens with zero attached hydrogens (tertiary/aromatic N) is 1. The van der Waals surface area contributed by atoms with Crippen LogP contribution in [0.5, 0.6) is 0 Å². The standard InChI is InChI=1S/C24H27N3O2/c1-18-16-19-8-5-6-11-22(19)27(18)17-23-21(12-15-29-23)24(28)26-14-7-13-25-20-9-3-2-4-10-20/h2-6,8-12,15,18,25H,7,13-14,16-17H2,1H3,(H,26,28). The van der Waals surface area contributed by atoms with Gasteiger partial charge in [0.25, 0.3) is 5.91 Å². The molecule has 1 aliphatic rings. The minimum Gasteiger partial charge on any atom is -0.467 e. The van der Waals surface area contributed by atoms with Crippen LogP contribution in [0.4, 0.5) is 11.4 Å². The molecular formula is C24H27N3O2. The van der Waals surface area contributed by atoms with Crippen molar-refractivity contribution < 1.29 is 9.21 Å². The lowest BCUT2D eigenvalue weighted by atomic mass is 10.1. The van der Waals surface area contributed by atoms with Crippen LogP contribution in [0, 0.1) is 0 Å². The average molecular weight is 389 g/mol. The Bertz CT molecular complexity index is 952. The highest BCUT2D eigenvalue weighted by Gasteiger charge is 2.27. The first-order chi connectivity index (χ1) is 14.2. The Morgan fingerprint density at radius 1 is 1.07 bits per heavy atom. The Morgan fingerprint density at radius 3 is 2.72 bits per heavy atom. The van der Waals surface area contributed by atoms with Gasteiger partial charge in [0.1, 0.15) is 5.76 Å². The van der Waals surface area contributed by atoms with Crippen molar-refractivity contribution in [1.82, 2.24) is 5.32 Å². The van der Waals surface area contributed by atoms with Crippen molar-refractivity contribution in [3.05, 3.63) is 83.8 Å². The molecule has 0 aliphatic carbocycles. The number of nitrogens with one attached hydrogen (secondary N) is 2. The molecule has 0 saturated carbocycles. The highest BCUT2D eigenvalue weighted by Crippen LogP contribution is 2.33. The molecule has 29 heavy (non-hydrogen) atoms. The van der Waals surface area contributed by atoms with Crippen molar-refractivity contribution in [3.63, 3.8) is 0 Å². The number of fused-ring (bicyclic) bond motifs is 1. The van der Waals surface area contributed by atoms with Crippen LogP contribution in [0.1, 0.15) is 35.0 Å². The van der Waals surface area contributed by atoms with Gasteiger partial charge in [0.2, 0.25) is 0 Å². The largest absolute Gasteiger partial charge is 0.467 e. The van der Waals surface area contributed by atoms with Crippen LogP contribution in [0.25, 0.3) is 0 Å². The zero-order chi connectivity index (χ0) is 20.1. The number of furan rings is 1. The van der Waals surface area contributed by atoms with Crippen LogP contribution in [-0.2, 0) is 13.0 Å². The molecule has 3 aromatic rings. The van der Waals surface area contributed by atoms with E-state index in [0.29, 0.717) is 30.5 Å². The second kappa shape index (κ2) is 8.86. The monoisotopic (exact) mass is 389 g/mol. The van der Waals surface area contributed by atoms with Crippen molar-refractivity contribution in [2.24, 2.45) is 0 Å². The molecule has 0 radical (unpaired) electrons. The molecule has 1 unspecified atom stereocenters. The summed E-state index contributed by atoms with van der Waals surface area (Å²) >= 11 is 0. The van der Waals surface area contributed by atoms with Gasteiger partial charge in [0.15, 0.2) is 0 Å². The van der Waals surface area contributed by atoms with Gasteiger partial charge in [-0.3, -0.25) is 4.79 Å². The number of hydrogen-bond donors (Lipinski definition) is 2. The first-order valence-corrected chi connectivity index (χ1v) is 10.2. The average Bonchev–Trinajstić information content (AvgIpc) is 3.33. The smallest absolute Gasteiger partial charge is 0.254 e. The minimum absolute atomic E-state index is 0.0754. The summed E-state index contributed by atoms with van der Waals surface area (Å²) in [6, 6.07) is 20.7. The highest BCUT2D eigenvalue weighted by molar-refractivity contribution is 5.95. The number of anilines is 2. The predicted octanol–water partition coefficient (Wildman–Crippen LogP) is 4.46. The number of benzene rings is 2. The molecule has 0 spiro atoms. The number of hydrogen-bond acceptors (Lipinski definition) is 4. The molecule has 2 N–H and O–H groups in total. The Kier molecular flexibility index (Phi) is 5.84. The summed E-state index contributed by atoms with van der Waals surface area (Å²) in [5.74, 6) is 0.641. The van der Waals surface area contributed by atoms with E-state index in [1.165, 1.54) is 11.3 Å². The minimum atomic E-state index is -0.0754. The lowest BCUT2D eigenvalue weighted by Crippen LogP contribution is -2.30. The van der Waals surface area contributed by atoms with Gasteiger partial charge in [-0.25, -0.2) is 0 Å². The van der Waals surface area contributed by atoms with Gasteiger partial charge in [0.05, 0.1) is 18.4 Å². The fraction of sp³-hybridized carbons (Fsp3) is 0.292. The van der Waals surface area contributed by atoms with Gasteiger partial charge in [-0.15, -0.1) is 0 Å². The Morgan fingerprint density at radius 2 is 1.86 bits per heavy atom. The molecule has 1 aromatic heterocycles. The van der Waals surface area contributed by atoms with E-state index >= 15 is 0 Å². The molecule has 150 valence electrons. The van der Waals surface area contributed by atoms with Gasteiger partial charge in [0, 0.05) is 30.5 Å². The Hall–Kier alpha value is -3.21. The van der Waals surface area contributed by atoms with Crippen LogP contribution in [-0.4, -0.2) is 25.0 Å². The predicted molar refractivity (Wildman–Crippen MR) is 116 cm³/mol. The number of para-hydroxylation sites is 2. The maximum atomic E-state index is 12.7. The SMILES string of the molecule is CC1Cc2ccccc2N1Cc1occc1C(=O)NCCCNc1ccccc1. The Balaban J connectivity index is 1.30. The third-order valence-electron chi connectivity index (χ3n) is 5.39. The van der Waals surface area contributed by atoms with E-state index in [4.69, 9.17) is 4.42 Å². The topological polar surface area (TPSA) is 57.5 Å². The molecule has 2 aromatic carbocycles. The van der Waals surface area contributed by atoms with Gasteiger partial charge < -0.3 is 20.0 Å². The lowest BCUT2D eigenvalue weighted by Gasteiger charge is -2.24. The molecule has 5 nitrogen and oxygen atoms in total. The van der Waals surface area contributed by atoms with Crippen molar-refractivity contribution in [2.75, 3.05) is 23.3 Å². The summed E-state index contributed by atoms with van der Waals surface area (Å²) in [6.07, 6.45) is 3.48. The van der Waals surface area contributed by atoms with Crippen molar-refractivity contribution in [2.45, 2.75) is 32.4 Å². The third kappa shape index (κ3) is 4.45. The fourth-order valence-corrected chi connectivity index (χ4v) is 3.86. The molecule has 1 amide bonds. The zero-order valence-corrected chi connectivity index (χ0v) is 16.7. The summed E-state index contributed by atoms with van der Waals surface area (Å²) < 4.78 is 5.68. The maximum absolute atomic E-state index is 12.7. The van der Waals surface area contributed by atoms with E-state index in [1.807, 2.05) is 30.3 Å². The summed E-state index contributed by atoms with van der Waals surface area (Å²) in [5, 5.41) is 6.36. The van der Waals surface area contributed by atoms with Crippen molar-refractivity contribution in [3.8, 4) is 0 Å². The number of amides is 1. The summed E-state index contributed by atoms with van der Waals surface area (Å²) in [7, 11) is 0. The molecule has 1 atom stereocenters. The van der Waals surface area contributed by atoms with Crippen LogP contribution in [0.2, 0.25) is 0 Å². The zero-order valence-electron chi connectivity index (χ0n) is 16.7. The summed E-state index contributed by atoms with van der Waals surface area (Å²) in [4.78, 5) is 15.0. The fourth-order valence-electron chi connectivity index (χ4n) is 3.86. The lowest BCUT2D eigenvalue weighted by molar-refractivity contribution is 0.0951. The molecule has 0 bridgehead atoms. The quantitative estimate of drug-likeness (QED) is 0.559. The second-order valence-corrected chi connectivity index (χ2v) is 7.47. The number of rotatable bonds is 8. The first kappa shape index (κ1) is 19.1. The van der Waals surface area contributed by atoms with E-state index in [0.717, 1.165) is 25.1 Å². The molecule has 0 fully saturated rings. The van der Waals surface area contributed by atoms with Crippen LogP contribution in [0.3, 0.4) is 0 Å². The highest BCUT2D eigenvalue weighted by atomic mass is 16.3. The van der Waals surface area contributed by atoms with Gasteiger partial charge >= 0.3 is 0 Å². The molecular weight excluding hydrogens is 362 g/mol. The normalized spacial score (nSPS) is 15.2. The summed E-state index contributed by atoms with van der Waals surface area (Å²) in [5.41, 5.74) is 4.30. The third-order valence-corrected chi connectivity index (χ3v) is 5.39. The number of carbonyl (C=O) groups excluding carboxylic acids is 1. The van der Waals surface area contributed by atoms with E-state index < -0.39 is 0 Å². The van der Waals surface area contributed by atoms with Gasteiger partial charge in [-0.1, -0.05) is 36.4 Å². The molecule has 1 aliphatic heterocycles. The van der Waals surface area contributed by atoms with E-state index in [9.17, 15) is 4.79 Å². The number of carbonyl (C=O) groups is 1. The molecule has 5 heteroatoms. The Labute approximate surface area is 171 Å².